The number of aliphatic hydroxyl groups is 1. The number of ether oxygens (including phenoxy) is 1. The molecular formula is C9H13BrO3. The summed E-state index contributed by atoms with van der Waals surface area (Å²) >= 11 is 3.18. The van der Waals surface area contributed by atoms with Gasteiger partial charge in [-0.2, -0.15) is 0 Å². The van der Waals surface area contributed by atoms with E-state index in [1.54, 1.807) is 0 Å². The molecule has 0 aromatic heterocycles. The molecule has 1 atom stereocenters. The molecule has 74 valence electrons. The molecular weight excluding hydrogens is 236 g/mol. The summed E-state index contributed by atoms with van der Waals surface area (Å²) in [6.07, 6.45) is 2.60. The van der Waals surface area contributed by atoms with E-state index in [9.17, 15) is 9.90 Å². The van der Waals surface area contributed by atoms with E-state index in [1.165, 1.54) is 6.92 Å². The summed E-state index contributed by atoms with van der Waals surface area (Å²) in [4.78, 5) is 11.2. The van der Waals surface area contributed by atoms with Crippen molar-refractivity contribution in [3.8, 4) is 0 Å². The molecule has 0 aromatic rings. The Kier molecular flexibility index (Phi) is 3.14. The topological polar surface area (TPSA) is 46.5 Å². The Hall–Kier alpha value is -0.350. The van der Waals surface area contributed by atoms with Crippen LogP contribution in [-0.2, 0) is 9.53 Å². The molecule has 0 saturated heterocycles. The predicted molar refractivity (Wildman–Crippen MR) is 52.2 cm³/mol. The van der Waals surface area contributed by atoms with Crippen LogP contribution in [0.4, 0.5) is 0 Å². The van der Waals surface area contributed by atoms with Gasteiger partial charge in [0.25, 0.3) is 0 Å². The van der Waals surface area contributed by atoms with Crippen molar-refractivity contribution in [2.24, 2.45) is 0 Å². The van der Waals surface area contributed by atoms with Gasteiger partial charge in [-0.3, -0.25) is 0 Å². The Labute approximate surface area is 85.9 Å². The summed E-state index contributed by atoms with van der Waals surface area (Å²) < 4.78 is 5.24. The van der Waals surface area contributed by atoms with E-state index in [1.807, 2.05) is 6.92 Å². The minimum atomic E-state index is -1.46. The Balaban J connectivity index is 2.80. The van der Waals surface area contributed by atoms with Gasteiger partial charge in [0.2, 0.25) is 5.79 Å². The second-order valence-electron chi connectivity index (χ2n) is 3.27. The van der Waals surface area contributed by atoms with Crippen molar-refractivity contribution in [1.82, 2.24) is 0 Å². The summed E-state index contributed by atoms with van der Waals surface area (Å²) in [5.74, 6) is -1.87. The maximum atomic E-state index is 11.2. The van der Waals surface area contributed by atoms with Crippen LogP contribution in [-0.4, -0.2) is 16.9 Å². The quantitative estimate of drug-likeness (QED) is 0.779. The van der Waals surface area contributed by atoms with Gasteiger partial charge in [0.1, 0.15) is 0 Å². The maximum Gasteiger partial charge on any atom is 0.337 e. The molecule has 4 heteroatoms. The first-order chi connectivity index (χ1) is 5.99. The summed E-state index contributed by atoms with van der Waals surface area (Å²) in [5.41, 5.74) is 0.562. The zero-order valence-corrected chi connectivity index (χ0v) is 9.35. The van der Waals surface area contributed by atoms with E-state index >= 15 is 0 Å². The van der Waals surface area contributed by atoms with Crippen molar-refractivity contribution in [2.75, 3.05) is 0 Å². The summed E-state index contributed by atoms with van der Waals surface area (Å²) in [6.45, 7) is 3.50. The van der Waals surface area contributed by atoms with Gasteiger partial charge < -0.3 is 9.84 Å². The maximum absolute atomic E-state index is 11.2. The van der Waals surface area contributed by atoms with Gasteiger partial charge in [0, 0.05) is 6.92 Å². The lowest BCUT2D eigenvalue weighted by Gasteiger charge is -2.14. The van der Waals surface area contributed by atoms with Crippen LogP contribution in [0, 0.1) is 0 Å². The first-order valence-corrected chi connectivity index (χ1v) is 5.13. The van der Waals surface area contributed by atoms with Crippen molar-refractivity contribution >= 4 is 21.9 Å². The number of rotatable bonds is 3. The first kappa shape index (κ1) is 10.7. The van der Waals surface area contributed by atoms with Crippen LogP contribution < -0.4 is 0 Å². The van der Waals surface area contributed by atoms with Gasteiger partial charge >= 0.3 is 5.97 Å². The summed E-state index contributed by atoms with van der Waals surface area (Å²) in [6, 6.07) is 0. The number of cyclic esters (lactones) is 1. The van der Waals surface area contributed by atoms with E-state index in [0.29, 0.717) is 16.5 Å². The molecule has 0 radical (unpaired) electrons. The number of hydrogen-bond acceptors (Lipinski definition) is 3. The molecule has 1 aliphatic rings. The molecule has 0 aliphatic carbocycles. The minimum absolute atomic E-state index is 0.412. The van der Waals surface area contributed by atoms with Crippen molar-refractivity contribution in [1.29, 1.82) is 0 Å². The number of carbonyl (C=O) groups excluding carboxylic acids is 1. The number of unbranched alkanes of at least 4 members (excludes halogenated alkanes) is 1. The molecule has 0 aromatic carbocycles. The van der Waals surface area contributed by atoms with Gasteiger partial charge in [-0.25, -0.2) is 4.79 Å². The molecule has 1 heterocycles. The van der Waals surface area contributed by atoms with Crippen molar-refractivity contribution < 1.29 is 14.6 Å². The van der Waals surface area contributed by atoms with Crippen LogP contribution in [0.2, 0.25) is 0 Å². The number of hydrogen-bond donors (Lipinski definition) is 1. The van der Waals surface area contributed by atoms with E-state index in [4.69, 9.17) is 4.74 Å². The average molecular weight is 249 g/mol. The predicted octanol–water partition coefficient (Wildman–Crippen LogP) is 2.09. The number of halogens is 1. The standard InChI is InChI=1S/C9H13BrO3/c1-3-4-5-6-7(10)9(2,12)13-8(6)11/h12H,3-5H2,1-2H3. The SMILES string of the molecule is CCCCC1=C(Br)C(C)(O)OC1=O. The lowest BCUT2D eigenvalue weighted by Crippen LogP contribution is -2.24. The third kappa shape index (κ3) is 2.11. The summed E-state index contributed by atoms with van der Waals surface area (Å²) in [5, 5.41) is 9.56. The molecule has 0 saturated carbocycles. The van der Waals surface area contributed by atoms with Crippen LogP contribution in [0.3, 0.4) is 0 Å². The first-order valence-electron chi connectivity index (χ1n) is 4.34. The smallest absolute Gasteiger partial charge is 0.337 e. The Morgan fingerprint density at radius 2 is 2.23 bits per heavy atom. The van der Waals surface area contributed by atoms with Crippen LogP contribution in [0.25, 0.3) is 0 Å². The van der Waals surface area contributed by atoms with Crippen molar-refractivity contribution in [2.45, 2.75) is 38.9 Å². The fourth-order valence-corrected chi connectivity index (χ4v) is 1.66. The van der Waals surface area contributed by atoms with Crippen LogP contribution in [0.5, 0.6) is 0 Å². The third-order valence-corrected chi connectivity index (χ3v) is 3.20. The van der Waals surface area contributed by atoms with Crippen molar-refractivity contribution in [3.05, 3.63) is 10.1 Å². The molecule has 1 N–H and O–H groups in total. The fraction of sp³-hybridized carbons (Fsp3) is 0.667. The molecule has 1 unspecified atom stereocenters. The lowest BCUT2D eigenvalue weighted by atomic mass is 10.1. The van der Waals surface area contributed by atoms with Crippen LogP contribution >= 0.6 is 15.9 Å². The van der Waals surface area contributed by atoms with Gasteiger partial charge in [0.15, 0.2) is 0 Å². The molecule has 13 heavy (non-hydrogen) atoms. The Morgan fingerprint density at radius 3 is 2.62 bits per heavy atom. The zero-order valence-electron chi connectivity index (χ0n) is 7.76. The Bertz CT molecular complexity index is 256. The fourth-order valence-electron chi connectivity index (χ4n) is 1.22. The van der Waals surface area contributed by atoms with Gasteiger partial charge in [-0.1, -0.05) is 13.3 Å². The van der Waals surface area contributed by atoms with Gasteiger partial charge in [0.05, 0.1) is 10.1 Å². The van der Waals surface area contributed by atoms with Crippen LogP contribution in [0.1, 0.15) is 33.1 Å². The highest BCUT2D eigenvalue weighted by Crippen LogP contribution is 2.36. The highest BCUT2D eigenvalue weighted by Gasteiger charge is 2.40. The van der Waals surface area contributed by atoms with Gasteiger partial charge in [-0.05, 0) is 28.8 Å². The molecule has 1 aliphatic heterocycles. The molecule has 1 rings (SSSR count). The highest BCUT2D eigenvalue weighted by atomic mass is 79.9. The highest BCUT2D eigenvalue weighted by molar-refractivity contribution is 9.11. The normalized spacial score (nSPS) is 28.2. The second kappa shape index (κ2) is 3.80. The third-order valence-electron chi connectivity index (χ3n) is 1.99. The summed E-state index contributed by atoms with van der Waals surface area (Å²) in [7, 11) is 0. The van der Waals surface area contributed by atoms with Gasteiger partial charge in [-0.15, -0.1) is 0 Å². The average Bonchev–Trinajstić information content (AvgIpc) is 2.21. The lowest BCUT2D eigenvalue weighted by molar-refractivity contribution is -0.173. The van der Waals surface area contributed by atoms with E-state index in [-0.39, 0.29) is 0 Å². The molecule has 0 spiro atoms. The molecule has 3 nitrogen and oxygen atoms in total. The molecule has 0 bridgehead atoms. The molecule has 0 amide bonds. The Morgan fingerprint density at radius 1 is 1.62 bits per heavy atom. The van der Waals surface area contributed by atoms with E-state index < -0.39 is 11.8 Å². The zero-order chi connectivity index (χ0) is 10.1. The largest absolute Gasteiger partial charge is 0.425 e. The van der Waals surface area contributed by atoms with E-state index in [0.717, 1.165) is 12.8 Å². The second-order valence-corrected chi connectivity index (χ2v) is 4.06. The van der Waals surface area contributed by atoms with Crippen LogP contribution in [0.15, 0.2) is 10.1 Å². The monoisotopic (exact) mass is 248 g/mol. The minimum Gasteiger partial charge on any atom is -0.425 e. The van der Waals surface area contributed by atoms with E-state index in [2.05, 4.69) is 15.9 Å². The van der Waals surface area contributed by atoms with Crippen molar-refractivity contribution in [3.63, 3.8) is 0 Å². The molecule has 0 fully saturated rings. The number of carbonyl (C=O) groups is 1. The number of esters is 1.